The average molecular weight is 447 g/mol. The van der Waals surface area contributed by atoms with Crippen LogP contribution in [-0.4, -0.2) is 50.8 Å². The largest absolute Gasteiger partial charge is 0.379 e. The van der Waals surface area contributed by atoms with E-state index in [0.29, 0.717) is 38.3 Å². The van der Waals surface area contributed by atoms with Crippen molar-refractivity contribution in [1.29, 1.82) is 0 Å². The number of primary amides is 1. The Kier molecular flexibility index (Phi) is 7.75. The first-order valence-electron chi connectivity index (χ1n) is 9.93. The van der Waals surface area contributed by atoms with Crippen molar-refractivity contribution in [3.63, 3.8) is 0 Å². The number of hydrogen-bond acceptors (Lipinski definition) is 6. The molecule has 0 unspecified atom stereocenters. The van der Waals surface area contributed by atoms with Crippen molar-refractivity contribution in [2.45, 2.75) is 23.8 Å². The summed E-state index contributed by atoms with van der Waals surface area (Å²) >= 11 is 0. The van der Waals surface area contributed by atoms with Crippen LogP contribution in [0.3, 0.4) is 0 Å². The predicted molar refractivity (Wildman–Crippen MR) is 114 cm³/mol. The molecule has 166 valence electrons. The Bertz CT molecular complexity index is 1010. The zero-order chi connectivity index (χ0) is 22.3. The summed E-state index contributed by atoms with van der Waals surface area (Å²) < 4.78 is 32.2. The van der Waals surface area contributed by atoms with Gasteiger partial charge in [0, 0.05) is 19.5 Å². The maximum absolute atomic E-state index is 12.8. The first-order chi connectivity index (χ1) is 14.9. The summed E-state index contributed by atoms with van der Waals surface area (Å²) in [5.74, 6) is -0.962. The van der Waals surface area contributed by atoms with E-state index in [2.05, 4.69) is 10.9 Å². The summed E-state index contributed by atoms with van der Waals surface area (Å²) in [4.78, 5) is 24.1. The van der Waals surface area contributed by atoms with Crippen molar-refractivity contribution in [2.24, 2.45) is 5.73 Å². The number of aryl methyl sites for hydroxylation is 1. The number of nitrogens with one attached hydrogen (secondary N) is 2. The van der Waals surface area contributed by atoms with E-state index in [4.69, 9.17) is 10.5 Å². The molecule has 0 aliphatic carbocycles. The zero-order valence-corrected chi connectivity index (χ0v) is 17.8. The molecule has 4 N–H and O–H groups in total. The highest BCUT2D eigenvalue weighted by Crippen LogP contribution is 2.19. The second-order valence-corrected chi connectivity index (χ2v) is 9.04. The van der Waals surface area contributed by atoms with Crippen LogP contribution >= 0.6 is 0 Å². The van der Waals surface area contributed by atoms with E-state index in [0.717, 1.165) is 5.56 Å². The van der Waals surface area contributed by atoms with Crippen LogP contribution in [0.5, 0.6) is 0 Å². The Labute approximate surface area is 181 Å². The lowest BCUT2D eigenvalue weighted by Crippen LogP contribution is -2.45. The van der Waals surface area contributed by atoms with Crippen LogP contribution < -0.4 is 16.6 Å². The smallest absolute Gasteiger partial charge is 0.243 e. The molecule has 9 nitrogen and oxygen atoms in total. The molecule has 2 aromatic carbocycles. The third kappa shape index (κ3) is 6.11. The lowest BCUT2D eigenvalue weighted by Gasteiger charge is -2.26. The van der Waals surface area contributed by atoms with E-state index >= 15 is 0 Å². The van der Waals surface area contributed by atoms with Gasteiger partial charge in [0.25, 0.3) is 0 Å². The quantitative estimate of drug-likeness (QED) is 0.481. The van der Waals surface area contributed by atoms with Crippen molar-refractivity contribution in [3.8, 4) is 0 Å². The fourth-order valence-corrected chi connectivity index (χ4v) is 4.71. The molecule has 2 aromatic rings. The van der Waals surface area contributed by atoms with Crippen LogP contribution in [0.4, 0.5) is 0 Å². The van der Waals surface area contributed by atoms with E-state index in [1.807, 2.05) is 6.07 Å². The number of morpholine rings is 1. The van der Waals surface area contributed by atoms with Crippen LogP contribution in [0, 0.1) is 0 Å². The van der Waals surface area contributed by atoms with Crippen LogP contribution in [-0.2, 0) is 30.8 Å². The summed E-state index contributed by atoms with van der Waals surface area (Å²) in [6.07, 6.45) is 0.445. The summed E-state index contributed by atoms with van der Waals surface area (Å²) in [6.45, 7) is 1.40. The van der Waals surface area contributed by atoms with Gasteiger partial charge < -0.3 is 10.5 Å². The molecule has 3 rings (SSSR count). The second-order valence-electron chi connectivity index (χ2n) is 7.10. The van der Waals surface area contributed by atoms with Crippen molar-refractivity contribution in [3.05, 3.63) is 65.7 Å². The van der Waals surface area contributed by atoms with Gasteiger partial charge in [-0.25, -0.2) is 13.8 Å². The van der Waals surface area contributed by atoms with Crippen molar-refractivity contribution in [1.82, 2.24) is 15.2 Å². The molecular weight excluding hydrogens is 420 g/mol. The van der Waals surface area contributed by atoms with Gasteiger partial charge in [0.15, 0.2) is 0 Å². The molecule has 10 heteroatoms. The molecule has 1 heterocycles. The van der Waals surface area contributed by atoms with Crippen molar-refractivity contribution in [2.75, 3.05) is 26.3 Å². The van der Waals surface area contributed by atoms with E-state index in [1.165, 1.54) is 4.31 Å². The number of carbonyl (C=O) groups excluding carboxylic acids is 2. The number of nitrogens with two attached hydrogens (primary N) is 1. The number of nitrogens with zero attached hydrogens (tertiary/aromatic N) is 1. The number of ether oxygens (including phenoxy) is 1. The maximum atomic E-state index is 12.8. The topological polar surface area (TPSA) is 131 Å². The molecule has 1 saturated heterocycles. The summed E-state index contributed by atoms with van der Waals surface area (Å²) in [5.41, 5.74) is 11.9. The van der Waals surface area contributed by atoms with E-state index < -0.39 is 22.0 Å². The molecule has 31 heavy (non-hydrogen) atoms. The number of sulfonamides is 1. The molecule has 1 atom stereocenters. The summed E-state index contributed by atoms with van der Waals surface area (Å²) in [5, 5.41) is 0. The Morgan fingerprint density at radius 2 is 1.77 bits per heavy atom. The highest BCUT2D eigenvalue weighted by Gasteiger charge is 2.26. The number of hydrazine groups is 1. The minimum atomic E-state index is -3.60. The maximum Gasteiger partial charge on any atom is 0.243 e. The van der Waals surface area contributed by atoms with Gasteiger partial charge in [0.05, 0.1) is 18.1 Å². The lowest BCUT2D eigenvalue weighted by atomic mass is 10.1. The summed E-state index contributed by atoms with van der Waals surface area (Å²) in [6, 6.07) is 14.5. The van der Waals surface area contributed by atoms with Gasteiger partial charge in [0.1, 0.15) is 6.04 Å². The molecule has 0 radical (unpaired) electrons. The second kappa shape index (κ2) is 10.5. The number of carbonyl (C=O) groups is 2. The molecular formula is C21H26N4O5S. The molecule has 1 aliphatic rings. The standard InChI is InChI=1S/C21H26N4O5S/c22-21(27)20(17-6-2-1-3-7-17)24-23-19(26)10-9-16-5-4-8-18(15-16)31(28,29)25-11-13-30-14-12-25/h1-8,15,20,24H,9-14H2,(H2,22,27)(H,23,26)/t20-/m1/s1. The zero-order valence-electron chi connectivity index (χ0n) is 17.0. The molecule has 0 bridgehead atoms. The number of rotatable bonds is 9. The van der Waals surface area contributed by atoms with Gasteiger partial charge in [-0.1, -0.05) is 42.5 Å². The number of hydrogen-bond donors (Lipinski definition) is 3. The minimum Gasteiger partial charge on any atom is -0.379 e. The Morgan fingerprint density at radius 3 is 2.45 bits per heavy atom. The highest BCUT2D eigenvalue weighted by molar-refractivity contribution is 7.89. The van der Waals surface area contributed by atoms with Crippen molar-refractivity contribution < 1.29 is 22.7 Å². The van der Waals surface area contributed by atoms with Gasteiger partial charge in [-0.05, 0) is 29.7 Å². The Hall–Kier alpha value is -2.79. The monoisotopic (exact) mass is 446 g/mol. The van der Waals surface area contributed by atoms with E-state index in [-0.39, 0.29) is 17.2 Å². The molecule has 0 aromatic heterocycles. The number of amides is 2. The Balaban J connectivity index is 1.57. The molecule has 0 spiro atoms. The van der Waals surface area contributed by atoms with Crippen molar-refractivity contribution >= 4 is 21.8 Å². The fourth-order valence-electron chi connectivity index (χ4n) is 3.23. The SMILES string of the molecule is NC(=O)[C@H](NNC(=O)CCc1cccc(S(=O)(=O)N2CCOCC2)c1)c1ccccc1. The van der Waals surface area contributed by atoms with Crippen LogP contribution in [0.1, 0.15) is 23.6 Å². The highest BCUT2D eigenvalue weighted by atomic mass is 32.2. The van der Waals surface area contributed by atoms with Crippen LogP contribution in [0.2, 0.25) is 0 Å². The van der Waals surface area contributed by atoms with Gasteiger partial charge in [0.2, 0.25) is 21.8 Å². The van der Waals surface area contributed by atoms with Gasteiger partial charge in [-0.3, -0.25) is 15.0 Å². The molecule has 1 aliphatic heterocycles. The predicted octanol–water partition coefficient (Wildman–Crippen LogP) is 0.488. The van der Waals surface area contributed by atoms with Gasteiger partial charge in [-0.15, -0.1) is 0 Å². The Morgan fingerprint density at radius 1 is 1.06 bits per heavy atom. The molecule has 1 fully saturated rings. The minimum absolute atomic E-state index is 0.105. The lowest BCUT2D eigenvalue weighted by molar-refractivity contribution is -0.124. The first-order valence-corrected chi connectivity index (χ1v) is 11.4. The van der Waals surface area contributed by atoms with E-state index in [9.17, 15) is 18.0 Å². The third-order valence-electron chi connectivity index (χ3n) is 4.92. The molecule has 2 amide bonds. The fraction of sp³-hybridized carbons (Fsp3) is 0.333. The van der Waals surface area contributed by atoms with Crippen LogP contribution in [0.15, 0.2) is 59.5 Å². The average Bonchev–Trinajstić information content (AvgIpc) is 2.79. The van der Waals surface area contributed by atoms with Gasteiger partial charge in [-0.2, -0.15) is 4.31 Å². The molecule has 0 saturated carbocycles. The number of benzene rings is 2. The third-order valence-corrected chi connectivity index (χ3v) is 6.81. The van der Waals surface area contributed by atoms with Gasteiger partial charge >= 0.3 is 0 Å². The summed E-state index contributed by atoms with van der Waals surface area (Å²) in [7, 11) is -3.60. The van der Waals surface area contributed by atoms with E-state index in [1.54, 1.807) is 48.5 Å². The first kappa shape index (κ1) is 22.9. The normalized spacial score (nSPS) is 15.9. The van der Waals surface area contributed by atoms with Crippen LogP contribution in [0.25, 0.3) is 0 Å².